The van der Waals surface area contributed by atoms with Gasteiger partial charge < -0.3 is 9.11 Å². The van der Waals surface area contributed by atoms with E-state index in [1.54, 1.807) is 12.1 Å². The zero-order valence-electron chi connectivity index (χ0n) is 38.5. The fourth-order valence-electron chi connectivity index (χ4n) is 8.55. The molecule has 4 aromatic rings. The van der Waals surface area contributed by atoms with Gasteiger partial charge in [0, 0.05) is 0 Å². The van der Waals surface area contributed by atoms with Gasteiger partial charge in [-0.05, 0) is 119 Å². The van der Waals surface area contributed by atoms with Gasteiger partial charge >= 0.3 is 37.7 Å². The number of hydrogen-bond acceptors (Lipinski definition) is 6. The van der Waals surface area contributed by atoms with Gasteiger partial charge in [0.2, 0.25) is 0 Å². The molecule has 0 amide bonds. The van der Waals surface area contributed by atoms with Crippen LogP contribution < -0.4 is 0 Å². The first-order valence-corrected chi connectivity index (χ1v) is 26.8. The molecule has 0 aromatic heterocycles. The van der Waals surface area contributed by atoms with E-state index in [-0.39, 0.29) is 47.5 Å². The van der Waals surface area contributed by atoms with Crippen molar-refractivity contribution < 1.29 is 25.9 Å². The number of unbranched alkanes of at least 4 members (excludes halogenated alkanes) is 20. The third kappa shape index (κ3) is 20.9. The van der Waals surface area contributed by atoms with Crippen LogP contribution in [-0.4, -0.2) is 63.7 Å². The van der Waals surface area contributed by atoms with Crippen molar-refractivity contribution in [3.63, 3.8) is 0 Å². The van der Waals surface area contributed by atoms with Crippen LogP contribution in [0.2, 0.25) is 0 Å². The van der Waals surface area contributed by atoms with E-state index in [4.69, 9.17) is 0 Å². The molecule has 0 unspecified atom stereocenters. The predicted octanol–water partition coefficient (Wildman–Crippen LogP) is 14.7. The molecule has 9 heteroatoms. The second-order valence-electron chi connectivity index (χ2n) is 17.2. The van der Waals surface area contributed by atoms with E-state index < -0.39 is 20.2 Å². The summed E-state index contributed by atoms with van der Waals surface area (Å²) in [5.74, 6) is 0. The summed E-state index contributed by atoms with van der Waals surface area (Å²) in [5.41, 5.74) is 4.70. The van der Waals surface area contributed by atoms with Gasteiger partial charge in [0.25, 0.3) is 0 Å². The molecule has 0 bridgehead atoms. The van der Waals surface area contributed by atoms with Crippen molar-refractivity contribution in [2.24, 2.45) is 0 Å². The normalized spacial score (nSPS) is 11.8. The first-order chi connectivity index (χ1) is 28.9. The van der Waals surface area contributed by atoms with Gasteiger partial charge in [-0.3, -0.25) is 0 Å². The minimum Gasteiger partial charge on any atom is -0.744 e. The van der Waals surface area contributed by atoms with E-state index >= 15 is 0 Å². The van der Waals surface area contributed by atoms with Crippen LogP contribution in [0.15, 0.2) is 70.5 Å². The predicted molar refractivity (Wildman–Crippen MR) is 258 cm³/mol. The number of aryl methyl sites for hydroxylation is 4. The standard InChI is InChI=1S/2C26H40O3S.Ca/c2*1-3-5-7-9-11-13-16-22-20-23(17-14-12-10-8-6-4-2)24-18-15-19-26(25(24)21-22)30(27,28)29;/h2*15,18-21H,3-14,16-17H2,1-2H3,(H,27,28,29);/q;;+2/p-2. The molecule has 0 heterocycles. The SMILES string of the molecule is CCCCCCCCc1cc(CCCCCCCC)c2cccc(S(=O)(=O)[O-])c2c1.CCCCCCCCc1cc(CCCCCCCC)c2cccc(S(=O)(=O)[O-])c2c1.[Ca+2]. The monoisotopic (exact) mass is 902 g/mol. The van der Waals surface area contributed by atoms with Crippen LogP contribution in [0.4, 0.5) is 0 Å². The first-order valence-electron chi connectivity index (χ1n) is 23.9. The summed E-state index contributed by atoms with van der Waals surface area (Å²) in [4.78, 5) is -0.150. The summed E-state index contributed by atoms with van der Waals surface area (Å²) in [6.45, 7) is 8.90. The Kier molecular flexibility index (Phi) is 28.6. The first kappa shape index (κ1) is 55.6. The van der Waals surface area contributed by atoms with Crippen LogP contribution in [0.1, 0.15) is 204 Å². The molecule has 0 aliphatic rings. The van der Waals surface area contributed by atoms with E-state index in [0.717, 1.165) is 73.3 Å². The summed E-state index contributed by atoms with van der Waals surface area (Å²) in [7, 11) is -8.97. The van der Waals surface area contributed by atoms with E-state index in [1.165, 1.54) is 152 Å². The molecule has 0 atom stereocenters. The van der Waals surface area contributed by atoms with Crippen molar-refractivity contribution in [3.05, 3.63) is 82.9 Å². The summed E-state index contributed by atoms with van der Waals surface area (Å²) < 4.78 is 71.0. The maximum absolute atomic E-state index is 11.8. The van der Waals surface area contributed by atoms with Crippen molar-refractivity contribution in [3.8, 4) is 0 Å². The Morgan fingerprint density at radius 3 is 0.934 bits per heavy atom. The largest absolute Gasteiger partial charge is 2.00 e. The number of hydrogen-bond donors (Lipinski definition) is 0. The third-order valence-electron chi connectivity index (χ3n) is 12.0. The maximum atomic E-state index is 11.8. The topological polar surface area (TPSA) is 114 Å². The van der Waals surface area contributed by atoms with Crippen molar-refractivity contribution >= 4 is 79.5 Å². The Labute approximate surface area is 402 Å². The molecule has 0 saturated carbocycles. The van der Waals surface area contributed by atoms with E-state index in [0.29, 0.717) is 10.8 Å². The number of fused-ring (bicyclic) bond motifs is 2. The summed E-state index contributed by atoms with van der Waals surface area (Å²) >= 11 is 0. The van der Waals surface area contributed by atoms with Crippen molar-refractivity contribution in [1.82, 2.24) is 0 Å². The minimum absolute atomic E-state index is 0. The number of rotatable bonds is 30. The molecule has 0 N–H and O–H groups in total. The van der Waals surface area contributed by atoms with Gasteiger partial charge in [-0.1, -0.05) is 193 Å². The van der Waals surface area contributed by atoms with E-state index in [2.05, 4.69) is 39.8 Å². The molecular formula is C52H78CaO6S2. The van der Waals surface area contributed by atoms with Crippen LogP contribution in [0, 0.1) is 0 Å². The van der Waals surface area contributed by atoms with Gasteiger partial charge in [-0.25, -0.2) is 16.8 Å². The Morgan fingerprint density at radius 2 is 0.639 bits per heavy atom. The molecule has 6 nitrogen and oxygen atoms in total. The zero-order chi connectivity index (χ0) is 43.6. The van der Waals surface area contributed by atoms with Gasteiger partial charge in [0.05, 0.1) is 9.79 Å². The molecule has 0 aliphatic heterocycles. The molecule has 336 valence electrons. The fourth-order valence-corrected chi connectivity index (χ4v) is 9.92. The van der Waals surface area contributed by atoms with Gasteiger partial charge in [0.15, 0.2) is 0 Å². The Balaban J connectivity index is 0.000000413. The molecule has 0 spiro atoms. The van der Waals surface area contributed by atoms with E-state index in [1.807, 2.05) is 24.3 Å². The fraction of sp³-hybridized carbons (Fsp3) is 0.615. The Morgan fingerprint density at radius 1 is 0.361 bits per heavy atom. The Hall–Kier alpha value is -1.52. The van der Waals surface area contributed by atoms with Gasteiger partial charge in [-0.15, -0.1) is 0 Å². The third-order valence-corrected chi connectivity index (χ3v) is 13.8. The molecule has 0 saturated heterocycles. The molecule has 61 heavy (non-hydrogen) atoms. The molecule has 4 aromatic carbocycles. The van der Waals surface area contributed by atoms with Crippen LogP contribution in [0.3, 0.4) is 0 Å². The molecular weight excluding hydrogens is 825 g/mol. The number of benzene rings is 4. The smallest absolute Gasteiger partial charge is 0.744 e. The Bertz CT molecular complexity index is 1900. The van der Waals surface area contributed by atoms with Crippen LogP contribution in [0.5, 0.6) is 0 Å². The van der Waals surface area contributed by atoms with Gasteiger partial charge in [0.1, 0.15) is 20.2 Å². The van der Waals surface area contributed by atoms with Gasteiger partial charge in [-0.2, -0.15) is 0 Å². The zero-order valence-corrected chi connectivity index (χ0v) is 42.4. The van der Waals surface area contributed by atoms with Crippen molar-refractivity contribution in [2.75, 3.05) is 0 Å². The summed E-state index contributed by atoms with van der Waals surface area (Å²) in [5, 5.41) is 3.06. The van der Waals surface area contributed by atoms with E-state index in [9.17, 15) is 25.9 Å². The molecule has 0 radical (unpaired) electrons. The van der Waals surface area contributed by atoms with Crippen LogP contribution in [0.25, 0.3) is 21.5 Å². The van der Waals surface area contributed by atoms with Crippen LogP contribution in [-0.2, 0) is 45.9 Å². The second-order valence-corrected chi connectivity index (χ2v) is 19.9. The van der Waals surface area contributed by atoms with Crippen molar-refractivity contribution in [2.45, 2.75) is 217 Å². The summed E-state index contributed by atoms with van der Waals surface area (Å²) in [6.07, 6.45) is 33.3. The molecule has 4 rings (SSSR count). The van der Waals surface area contributed by atoms with Crippen molar-refractivity contribution in [1.29, 1.82) is 0 Å². The second kappa shape index (κ2) is 31.4. The molecule has 0 fully saturated rings. The quantitative estimate of drug-likeness (QED) is 0.0292. The average Bonchev–Trinajstić information content (AvgIpc) is 3.22. The molecule has 0 aliphatic carbocycles. The van der Waals surface area contributed by atoms with Crippen LogP contribution >= 0.6 is 0 Å². The minimum atomic E-state index is -4.48. The summed E-state index contributed by atoms with van der Waals surface area (Å²) in [6, 6.07) is 18.6. The average molecular weight is 903 g/mol. The maximum Gasteiger partial charge on any atom is 2.00 e.